The van der Waals surface area contributed by atoms with Crippen LogP contribution in [-0.4, -0.2) is 36.3 Å². The summed E-state index contributed by atoms with van der Waals surface area (Å²) in [5.74, 6) is 1.82. The molecule has 0 bridgehead atoms. The zero-order chi connectivity index (χ0) is 19.3. The van der Waals surface area contributed by atoms with Crippen molar-refractivity contribution in [1.29, 1.82) is 0 Å². The zero-order valence-electron chi connectivity index (χ0n) is 16.1. The van der Waals surface area contributed by atoms with Crippen LogP contribution in [0.3, 0.4) is 0 Å². The lowest BCUT2D eigenvalue weighted by Crippen LogP contribution is -2.41. The number of oxazole rings is 1. The summed E-state index contributed by atoms with van der Waals surface area (Å²) in [6.07, 6.45) is 5.55. The molecule has 27 heavy (non-hydrogen) atoms. The Morgan fingerprint density at radius 1 is 1.26 bits per heavy atom. The number of carbonyl (C=O) groups excluding carboxylic acids is 1. The Balaban J connectivity index is 1.61. The molecule has 6 heteroatoms. The van der Waals surface area contributed by atoms with Crippen LogP contribution in [0.25, 0.3) is 11.5 Å². The number of benzene rings is 1. The number of hydrogen-bond acceptors (Lipinski definition) is 5. The number of aliphatic hydroxyl groups is 1. The molecular formula is C21H28N2O4. The molecule has 1 aromatic heterocycles. The highest BCUT2D eigenvalue weighted by Gasteiger charge is 2.31. The maximum Gasteiger partial charge on any atom is 0.226 e. The van der Waals surface area contributed by atoms with Crippen LogP contribution in [0.4, 0.5) is 0 Å². The van der Waals surface area contributed by atoms with Gasteiger partial charge in [0.15, 0.2) is 0 Å². The molecule has 0 radical (unpaired) electrons. The topological polar surface area (TPSA) is 84.6 Å². The number of hydrogen-bond donors (Lipinski definition) is 2. The first-order chi connectivity index (χ1) is 13.0. The SMILES string of the molecule is COc1ccc(-c2nc(CC(=O)NCC3(CO)CCCCC3)c(C)o2)cc1. The minimum Gasteiger partial charge on any atom is -0.497 e. The molecule has 0 spiro atoms. The second-order valence-corrected chi connectivity index (χ2v) is 7.42. The summed E-state index contributed by atoms with van der Waals surface area (Å²) < 4.78 is 10.9. The molecule has 1 fully saturated rings. The van der Waals surface area contributed by atoms with Crippen LogP contribution in [-0.2, 0) is 11.2 Å². The van der Waals surface area contributed by atoms with E-state index in [-0.39, 0.29) is 24.3 Å². The van der Waals surface area contributed by atoms with E-state index in [9.17, 15) is 9.90 Å². The lowest BCUT2D eigenvalue weighted by molar-refractivity contribution is -0.121. The van der Waals surface area contributed by atoms with Crippen LogP contribution in [0, 0.1) is 12.3 Å². The molecule has 0 aliphatic heterocycles. The third-order valence-corrected chi connectivity index (χ3v) is 5.47. The highest BCUT2D eigenvalue weighted by atomic mass is 16.5. The Labute approximate surface area is 159 Å². The van der Waals surface area contributed by atoms with Gasteiger partial charge >= 0.3 is 0 Å². The van der Waals surface area contributed by atoms with Crippen LogP contribution < -0.4 is 10.1 Å². The molecule has 1 saturated carbocycles. The van der Waals surface area contributed by atoms with Crippen molar-refractivity contribution in [3.05, 3.63) is 35.7 Å². The van der Waals surface area contributed by atoms with E-state index in [1.165, 1.54) is 6.42 Å². The van der Waals surface area contributed by atoms with Crippen molar-refractivity contribution >= 4 is 5.91 Å². The molecule has 2 aromatic rings. The fraction of sp³-hybridized carbons (Fsp3) is 0.524. The van der Waals surface area contributed by atoms with Crippen LogP contribution in [0.1, 0.15) is 43.6 Å². The lowest BCUT2D eigenvalue weighted by Gasteiger charge is -2.35. The highest BCUT2D eigenvalue weighted by molar-refractivity contribution is 5.78. The number of aryl methyl sites for hydroxylation is 1. The largest absolute Gasteiger partial charge is 0.497 e. The summed E-state index contributed by atoms with van der Waals surface area (Å²) >= 11 is 0. The number of aliphatic hydroxyl groups excluding tert-OH is 1. The summed E-state index contributed by atoms with van der Waals surface area (Å²) in [5, 5.41) is 12.8. The van der Waals surface area contributed by atoms with E-state index in [4.69, 9.17) is 9.15 Å². The van der Waals surface area contributed by atoms with Gasteiger partial charge in [-0.3, -0.25) is 4.79 Å². The summed E-state index contributed by atoms with van der Waals surface area (Å²) in [5.41, 5.74) is 1.31. The summed E-state index contributed by atoms with van der Waals surface area (Å²) in [7, 11) is 1.62. The molecule has 1 heterocycles. The summed E-state index contributed by atoms with van der Waals surface area (Å²) in [6.45, 7) is 2.46. The van der Waals surface area contributed by atoms with Gasteiger partial charge in [0.05, 0.1) is 25.8 Å². The van der Waals surface area contributed by atoms with Crippen molar-refractivity contribution in [2.24, 2.45) is 5.41 Å². The number of rotatable bonds is 7. The molecule has 1 aliphatic carbocycles. The fourth-order valence-electron chi connectivity index (χ4n) is 3.64. The molecule has 0 atom stereocenters. The number of aromatic nitrogens is 1. The lowest BCUT2D eigenvalue weighted by atomic mass is 9.74. The number of nitrogens with zero attached hydrogens (tertiary/aromatic N) is 1. The van der Waals surface area contributed by atoms with Gasteiger partial charge in [-0.05, 0) is 44.0 Å². The average Bonchev–Trinajstić information content (AvgIpc) is 3.07. The minimum absolute atomic E-state index is 0.0916. The van der Waals surface area contributed by atoms with Crippen molar-refractivity contribution in [2.75, 3.05) is 20.3 Å². The summed E-state index contributed by atoms with van der Waals surface area (Å²) in [4.78, 5) is 16.9. The van der Waals surface area contributed by atoms with Crippen molar-refractivity contribution in [3.63, 3.8) is 0 Å². The van der Waals surface area contributed by atoms with Crippen LogP contribution in [0.2, 0.25) is 0 Å². The first-order valence-electron chi connectivity index (χ1n) is 9.53. The maximum atomic E-state index is 12.4. The molecule has 2 N–H and O–H groups in total. The third-order valence-electron chi connectivity index (χ3n) is 5.47. The number of ether oxygens (including phenoxy) is 1. The van der Waals surface area contributed by atoms with E-state index in [2.05, 4.69) is 10.3 Å². The van der Waals surface area contributed by atoms with E-state index in [1.807, 2.05) is 31.2 Å². The third kappa shape index (κ3) is 4.69. The van der Waals surface area contributed by atoms with Crippen molar-refractivity contribution in [3.8, 4) is 17.2 Å². The standard InChI is InChI=1S/C21H28N2O4/c1-15-18(23-20(27-15)16-6-8-17(26-2)9-7-16)12-19(25)22-13-21(14-24)10-4-3-5-11-21/h6-9,24H,3-5,10-14H2,1-2H3,(H,22,25). The van der Waals surface area contributed by atoms with E-state index >= 15 is 0 Å². The Hall–Kier alpha value is -2.34. The minimum atomic E-state index is -0.166. The monoisotopic (exact) mass is 372 g/mol. The van der Waals surface area contributed by atoms with Gasteiger partial charge in [-0.2, -0.15) is 0 Å². The Morgan fingerprint density at radius 3 is 2.59 bits per heavy atom. The molecule has 6 nitrogen and oxygen atoms in total. The van der Waals surface area contributed by atoms with Gasteiger partial charge in [0, 0.05) is 17.5 Å². The van der Waals surface area contributed by atoms with Crippen molar-refractivity contribution in [2.45, 2.75) is 45.4 Å². The Kier molecular flexibility index (Phi) is 6.16. The quantitative estimate of drug-likeness (QED) is 0.779. The highest BCUT2D eigenvalue weighted by Crippen LogP contribution is 2.35. The first kappa shape index (κ1) is 19.4. The van der Waals surface area contributed by atoms with Crippen LogP contribution in [0.15, 0.2) is 28.7 Å². The van der Waals surface area contributed by atoms with Crippen LogP contribution in [0.5, 0.6) is 5.75 Å². The Morgan fingerprint density at radius 2 is 1.96 bits per heavy atom. The number of carbonyl (C=O) groups is 1. The smallest absolute Gasteiger partial charge is 0.226 e. The predicted molar refractivity (Wildman–Crippen MR) is 103 cm³/mol. The van der Waals surface area contributed by atoms with Gasteiger partial charge in [-0.1, -0.05) is 19.3 Å². The van der Waals surface area contributed by atoms with Gasteiger partial charge in [-0.25, -0.2) is 4.98 Å². The van der Waals surface area contributed by atoms with E-state index in [0.29, 0.717) is 23.9 Å². The molecule has 1 aromatic carbocycles. The van der Waals surface area contributed by atoms with Gasteiger partial charge in [0.2, 0.25) is 11.8 Å². The zero-order valence-corrected chi connectivity index (χ0v) is 16.1. The molecule has 1 aliphatic rings. The summed E-state index contributed by atoms with van der Waals surface area (Å²) in [6, 6.07) is 7.45. The normalized spacial score (nSPS) is 16.1. The van der Waals surface area contributed by atoms with Gasteiger partial charge in [0.25, 0.3) is 0 Å². The van der Waals surface area contributed by atoms with Gasteiger partial charge < -0.3 is 19.6 Å². The molecule has 0 unspecified atom stereocenters. The maximum absolute atomic E-state index is 12.4. The van der Waals surface area contributed by atoms with E-state index in [1.54, 1.807) is 7.11 Å². The number of methoxy groups -OCH3 is 1. The van der Waals surface area contributed by atoms with Crippen molar-refractivity contribution in [1.82, 2.24) is 10.3 Å². The molecule has 0 saturated heterocycles. The second-order valence-electron chi connectivity index (χ2n) is 7.42. The molecule has 146 valence electrons. The molecule has 1 amide bonds. The van der Waals surface area contributed by atoms with E-state index < -0.39 is 0 Å². The molecule has 3 rings (SSSR count). The second kappa shape index (κ2) is 8.57. The first-order valence-corrected chi connectivity index (χ1v) is 9.53. The number of amides is 1. The van der Waals surface area contributed by atoms with Gasteiger partial charge in [-0.15, -0.1) is 0 Å². The predicted octanol–water partition coefficient (Wildman–Crippen LogP) is 3.26. The van der Waals surface area contributed by atoms with E-state index in [0.717, 1.165) is 37.0 Å². The average molecular weight is 372 g/mol. The Bertz CT molecular complexity index is 761. The van der Waals surface area contributed by atoms with Crippen LogP contribution >= 0.6 is 0 Å². The fourth-order valence-corrected chi connectivity index (χ4v) is 3.64. The van der Waals surface area contributed by atoms with Gasteiger partial charge in [0.1, 0.15) is 11.5 Å². The molecular weight excluding hydrogens is 344 g/mol. The number of nitrogens with one attached hydrogen (secondary N) is 1. The van der Waals surface area contributed by atoms with Crippen molar-refractivity contribution < 1.29 is 19.1 Å².